The number of rotatable bonds is 8. The van der Waals surface area contributed by atoms with E-state index in [-0.39, 0.29) is 23.7 Å². The molecule has 0 saturated heterocycles. The van der Waals surface area contributed by atoms with Crippen molar-refractivity contribution < 1.29 is 24.2 Å². The zero-order chi connectivity index (χ0) is 23.4. The van der Waals surface area contributed by atoms with E-state index in [9.17, 15) is 19.5 Å². The Labute approximate surface area is 188 Å². The molecule has 0 radical (unpaired) electrons. The summed E-state index contributed by atoms with van der Waals surface area (Å²) in [5.74, 6) is -1.88. The number of hydrogen-bond acceptors (Lipinski definition) is 5. The molecule has 6 heteroatoms. The van der Waals surface area contributed by atoms with Crippen LogP contribution in [0.25, 0.3) is 0 Å². The number of ketones is 1. The van der Waals surface area contributed by atoms with Gasteiger partial charge in [-0.15, -0.1) is 0 Å². The highest BCUT2D eigenvalue weighted by molar-refractivity contribution is 6.16. The van der Waals surface area contributed by atoms with Gasteiger partial charge in [-0.05, 0) is 43.0 Å². The van der Waals surface area contributed by atoms with Crippen molar-refractivity contribution in [2.75, 3.05) is 11.5 Å². The van der Waals surface area contributed by atoms with E-state index < -0.39 is 23.7 Å². The van der Waals surface area contributed by atoms with Crippen LogP contribution in [0, 0.1) is 12.8 Å². The molecule has 1 aliphatic heterocycles. The minimum absolute atomic E-state index is 0.0711. The van der Waals surface area contributed by atoms with Crippen LogP contribution in [0.3, 0.4) is 0 Å². The third-order valence-corrected chi connectivity index (χ3v) is 5.26. The molecule has 0 aliphatic carbocycles. The smallest absolute Gasteiger partial charge is 0.338 e. The first-order valence-corrected chi connectivity index (χ1v) is 10.9. The van der Waals surface area contributed by atoms with Crippen molar-refractivity contribution in [1.82, 2.24) is 0 Å². The molecule has 0 spiro atoms. The van der Waals surface area contributed by atoms with Crippen LogP contribution in [0.2, 0.25) is 0 Å². The van der Waals surface area contributed by atoms with E-state index in [1.165, 1.54) is 4.90 Å². The van der Waals surface area contributed by atoms with Crippen LogP contribution >= 0.6 is 0 Å². The second-order valence-electron chi connectivity index (χ2n) is 8.46. The SMILES string of the molecule is CCCOC(=O)c1cccc(N2C(=O)C(O)=C(C(=O)CC(C)C)C2c2cccc(C)c2)c1. The first-order valence-electron chi connectivity index (χ1n) is 10.9. The lowest BCUT2D eigenvalue weighted by Gasteiger charge is -2.27. The van der Waals surface area contributed by atoms with Gasteiger partial charge in [0.25, 0.3) is 5.91 Å². The normalized spacial score (nSPS) is 16.1. The second kappa shape index (κ2) is 9.81. The lowest BCUT2D eigenvalue weighted by Crippen LogP contribution is -2.31. The Hall–Kier alpha value is -3.41. The molecule has 1 N–H and O–H groups in total. The van der Waals surface area contributed by atoms with Crippen LogP contribution in [0.5, 0.6) is 0 Å². The summed E-state index contributed by atoms with van der Waals surface area (Å²) >= 11 is 0. The van der Waals surface area contributed by atoms with Gasteiger partial charge in [0, 0.05) is 12.1 Å². The van der Waals surface area contributed by atoms with Crippen LogP contribution in [-0.4, -0.2) is 29.4 Å². The zero-order valence-electron chi connectivity index (χ0n) is 18.9. The third kappa shape index (κ3) is 4.74. The van der Waals surface area contributed by atoms with E-state index in [4.69, 9.17) is 4.74 Å². The number of aliphatic hydroxyl groups excluding tert-OH is 1. The highest BCUT2D eigenvalue weighted by Gasteiger charge is 2.44. The minimum atomic E-state index is -0.782. The Kier molecular flexibility index (Phi) is 7.13. The average molecular weight is 436 g/mol. The zero-order valence-corrected chi connectivity index (χ0v) is 18.9. The number of amides is 1. The lowest BCUT2D eigenvalue weighted by atomic mass is 9.91. The molecule has 0 bridgehead atoms. The van der Waals surface area contributed by atoms with Crippen molar-refractivity contribution in [2.45, 2.75) is 46.6 Å². The summed E-state index contributed by atoms with van der Waals surface area (Å²) in [5.41, 5.74) is 2.48. The van der Waals surface area contributed by atoms with Gasteiger partial charge in [0.1, 0.15) is 0 Å². The molecule has 6 nitrogen and oxygen atoms in total. The molecular weight excluding hydrogens is 406 g/mol. The van der Waals surface area contributed by atoms with Crippen LogP contribution in [0.4, 0.5) is 5.69 Å². The largest absolute Gasteiger partial charge is 0.503 e. The van der Waals surface area contributed by atoms with E-state index in [2.05, 4.69) is 0 Å². The van der Waals surface area contributed by atoms with E-state index in [0.29, 0.717) is 29.8 Å². The molecule has 168 valence electrons. The molecule has 1 heterocycles. The van der Waals surface area contributed by atoms with Gasteiger partial charge in [0.2, 0.25) is 0 Å². The Morgan fingerprint density at radius 1 is 1.12 bits per heavy atom. The maximum absolute atomic E-state index is 13.2. The number of carbonyl (C=O) groups is 3. The molecule has 32 heavy (non-hydrogen) atoms. The maximum atomic E-state index is 13.2. The monoisotopic (exact) mass is 435 g/mol. The number of aliphatic hydroxyl groups is 1. The molecule has 2 aromatic rings. The number of benzene rings is 2. The summed E-state index contributed by atoms with van der Waals surface area (Å²) in [6, 6.07) is 13.2. The third-order valence-electron chi connectivity index (χ3n) is 5.26. The molecule has 1 aliphatic rings. The second-order valence-corrected chi connectivity index (χ2v) is 8.46. The van der Waals surface area contributed by atoms with Crippen molar-refractivity contribution in [1.29, 1.82) is 0 Å². The average Bonchev–Trinajstić information content (AvgIpc) is 3.02. The summed E-state index contributed by atoms with van der Waals surface area (Å²) in [7, 11) is 0. The van der Waals surface area contributed by atoms with Gasteiger partial charge in [0.15, 0.2) is 11.5 Å². The van der Waals surface area contributed by atoms with Gasteiger partial charge in [0.05, 0.1) is 23.8 Å². The Balaban J connectivity index is 2.10. The number of anilines is 1. The van der Waals surface area contributed by atoms with Crippen LogP contribution in [0.1, 0.15) is 61.1 Å². The van der Waals surface area contributed by atoms with Crippen molar-refractivity contribution in [2.24, 2.45) is 5.92 Å². The van der Waals surface area contributed by atoms with E-state index >= 15 is 0 Å². The van der Waals surface area contributed by atoms with Gasteiger partial charge in [-0.1, -0.05) is 56.7 Å². The van der Waals surface area contributed by atoms with Crippen molar-refractivity contribution in [3.8, 4) is 0 Å². The quantitative estimate of drug-likeness (QED) is 0.585. The van der Waals surface area contributed by atoms with E-state index in [1.54, 1.807) is 24.3 Å². The summed E-state index contributed by atoms with van der Waals surface area (Å²) in [6.45, 7) is 7.96. The fraction of sp³-hybridized carbons (Fsp3) is 0.346. The number of aryl methyl sites for hydroxylation is 1. The summed E-state index contributed by atoms with van der Waals surface area (Å²) < 4.78 is 5.22. The summed E-state index contributed by atoms with van der Waals surface area (Å²) in [4.78, 5) is 40.0. The van der Waals surface area contributed by atoms with E-state index in [0.717, 1.165) is 5.56 Å². The molecule has 0 saturated carbocycles. The first kappa shape index (κ1) is 23.3. The van der Waals surface area contributed by atoms with Gasteiger partial charge in [-0.2, -0.15) is 0 Å². The Morgan fingerprint density at radius 3 is 2.50 bits per heavy atom. The van der Waals surface area contributed by atoms with Crippen molar-refractivity contribution >= 4 is 23.3 Å². The predicted octanol–water partition coefficient (Wildman–Crippen LogP) is 5.08. The number of esters is 1. The van der Waals surface area contributed by atoms with Gasteiger partial charge >= 0.3 is 5.97 Å². The molecular formula is C26H29NO5. The number of nitrogens with zero attached hydrogens (tertiary/aromatic N) is 1. The predicted molar refractivity (Wildman–Crippen MR) is 123 cm³/mol. The Morgan fingerprint density at radius 2 is 1.84 bits per heavy atom. The Bertz CT molecular complexity index is 1070. The lowest BCUT2D eigenvalue weighted by molar-refractivity contribution is -0.118. The summed E-state index contributed by atoms with van der Waals surface area (Å²) in [6.07, 6.45) is 0.913. The molecule has 3 rings (SSSR count). The molecule has 2 aromatic carbocycles. The fourth-order valence-corrected chi connectivity index (χ4v) is 3.85. The molecule has 1 amide bonds. The number of hydrogen-bond donors (Lipinski definition) is 1. The fourth-order valence-electron chi connectivity index (χ4n) is 3.85. The van der Waals surface area contributed by atoms with Gasteiger partial charge in [-0.3, -0.25) is 14.5 Å². The standard InChI is InChI=1S/C26H29NO5/c1-5-12-32-26(31)19-10-7-11-20(15-19)27-23(18-9-6-8-17(4)14-18)22(24(29)25(27)30)21(28)13-16(2)3/h6-11,14-16,23,29H,5,12-13H2,1-4H3. The van der Waals surface area contributed by atoms with E-state index in [1.807, 2.05) is 52.0 Å². The van der Waals surface area contributed by atoms with Crippen LogP contribution < -0.4 is 4.90 Å². The van der Waals surface area contributed by atoms with Crippen LogP contribution in [0.15, 0.2) is 59.9 Å². The van der Waals surface area contributed by atoms with Crippen molar-refractivity contribution in [3.05, 3.63) is 76.6 Å². The summed E-state index contributed by atoms with van der Waals surface area (Å²) in [5, 5.41) is 10.7. The number of ether oxygens (including phenoxy) is 1. The first-order chi connectivity index (χ1) is 15.2. The number of Topliss-reactive ketones (excluding diaryl/α,β-unsaturated/α-hetero) is 1. The number of carbonyl (C=O) groups excluding carboxylic acids is 3. The highest BCUT2D eigenvalue weighted by Crippen LogP contribution is 2.42. The maximum Gasteiger partial charge on any atom is 0.338 e. The van der Waals surface area contributed by atoms with Crippen molar-refractivity contribution in [3.63, 3.8) is 0 Å². The van der Waals surface area contributed by atoms with Crippen LogP contribution in [-0.2, 0) is 14.3 Å². The topological polar surface area (TPSA) is 83.9 Å². The molecule has 0 fully saturated rings. The molecule has 1 atom stereocenters. The minimum Gasteiger partial charge on any atom is -0.503 e. The highest BCUT2D eigenvalue weighted by atomic mass is 16.5. The van der Waals surface area contributed by atoms with Gasteiger partial charge in [-0.25, -0.2) is 4.79 Å². The van der Waals surface area contributed by atoms with Gasteiger partial charge < -0.3 is 9.84 Å². The molecule has 0 aromatic heterocycles. The molecule has 1 unspecified atom stereocenters.